The Kier molecular flexibility index (Phi) is 3.87. The van der Waals surface area contributed by atoms with Crippen molar-refractivity contribution in [3.63, 3.8) is 0 Å². The van der Waals surface area contributed by atoms with Crippen LogP contribution >= 0.6 is 0 Å². The van der Waals surface area contributed by atoms with Gasteiger partial charge in [-0.15, -0.1) is 0 Å². The second-order valence-electron chi connectivity index (χ2n) is 4.78. The highest BCUT2D eigenvalue weighted by atomic mass is 16.5. The van der Waals surface area contributed by atoms with Gasteiger partial charge in [0, 0.05) is 19.0 Å². The Morgan fingerprint density at radius 3 is 2.94 bits per heavy atom. The quantitative estimate of drug-likeness (QED) is 0.884. The molecule has 0 spiro atoms. The normalized spacial score (nSPS) is 24.1. The molecular weight excluding hydrogens is 230 g/mol. The monoisotopic (exact) mass is 249 g/mol. The van der Waals surface area contributed by atoms with Crippen molar-refractivity contribution >= 4 is 5.97 Å². The minimum atomic E-state index is -0.717. The fourth-order valence-corrected chi connectivity index (χ4v) is 2.59. The second kappa shape index (κ2) is 5.40. The Labute approximate surface area is 107 Å². The molecular formula is C14H19NO3. The van der Waals surface area contributed by atoms with Crippen LogP contribution in [0.5, 0.6) is 5.75 Å². The number of benzene rings is 1. The van der Waals surface area contributed by atoms with Gasteiger partial charge in [0.15, 0.2) is 0 Å². The van der Waals surface area contributed by atoms with E-state index in [1.165, 1.54) is 0 Å². The van der Waals surface area contributed by atoms with E-state index in [-0.39, 0.29) is 11.8 Å². The van der Waals surface area contributed by atoms with E-state index in [1.807, 2.05) is 38.2 Å². The SMILES string of the molecule is CCOc1cccc([C@H]2CN(C)C[C@H]2C(=O)O)c1. The first-order valence-corrected chi connectivity index (χ1v) is 6.26. The van der Waals surface area contributed by atoms with E-state index in [4.69, 9.17) is 4.74 Å². The molecule has 1 aromatic carbocycles. The first kappa shape index (κ1) is 12.9. The summed E-state index contributed by atoms with van der Waals surface area (Å²) in [5.41, 5.74) is 1.05. The average Bonchev–Trinajstić information content (AvgIpc) is 2.72. The predicted octanol–water partition coefficient (Wildman–Crippen LogP) is 1.82. The number of nitrogens with zero attached hydrogens (tertiary/aromatic N) is 1. The summed E-state index contributed by atoms with van der Waals surface area (Å²) >= 11 is 0. The molecule has 1 aliphatic heterocycles. The highest BCUT2D eigenvalue weighted by molar-refractivity contribution is 5.72. The van der Waals surface area contributed by atoms with Gasteiger partial charge >= 0.3 is 5.97 Å². The third kappa shape index (κ3) is 2.64. The summed E-state index contributed by atoms with van der Waals surface area (Å²) in [5, 5.41) is 9.28. The lowest BCUT2D eigenvalue weighted by Crippen LogP contribution is -2.21. The Morgan fingerprint density at radius 1 is 1.50 bits per heavy atom. The topological polar surface area (TPSA) is 49.8 Å². The van der Waals surface area contributed by atoms with Gasteiger partial charge in [-0.1, -0.05) is 12.1 Å². The number of carboxylic acids is 1. The molecule has 4 heteroatoms. The van der Waals surface area contributed by atoms with Gasteiger partial charge in [0.1, 0.15) is 5.75 Å². The van der Waals surface area contributed by atoms with Gasteiger partial charge in [-0.25, -0.2) is 0 Å². The molecule has 1 saturated heterocycles. The van der Waals surface area contributed by atoms with Crippen LogP contribution in [0.4, 0.5) is 0 Å². The fourth-order valence-electron chi connectivity index (χ4n) is 2.59. The van der Waals surface area contributed by atoms with Crippen LogP contribution in [-0.2, 0) is 4.79 Å². The molecule has 4 nitrogen and oxygen atoms in total. The number of hydrogen-bond donors (Lipinski definition) is 1. The zero-order valence-electron chi connectivity index (χ0n) is 10.8. The lowest BCUT2D eigenvalue weighted by molar-refractivity contribution is -0.141. The van der Waals surface area contributed by atoms with Crippen molar-refractivity contribution in [2.24, 2.45) is 5.92 Å². The van der Waals surface area contributed by atoms with Crippen molar-refractivity contribution in [1.29, 1.82) is 0 Å². The van der Waals surface area contributed by atoms with Crippen molar-refractivity contribution in [3.05, 3.63) is 29.8 Å². The molecule has 18 heavy (non-hydrogen) atoms. The maximum absolute atomic E-state index is 11.3. The number of likely N-dealkylation sites (N-methyl/N-ethyl adjacent to an activating group) is 1. The van der Waals surface area contributed by atoms with Crippen LogP contribution in [0.25, 0.3) is 0 Å². The highest BCUT2D eigenvalue weighted by Gasteiger charge is 2.36. The van der Waals surface area contributed by atoms with Crippen molar-refractivity contribution in [3.8, 4) is 5.75 Å². The minimum Gasteiger partial charge on any atom is -0.494 e. The summed E-state index contributed by atoms with van der Waals surface area (Å²) in [5.74, 6) is -0.181. The smallest absolute Gasteiger partial charge is 0.308 e. The van der Waals surface area contributed by atoms with Gasteiger partial charge in [0.25, 0.3) is 0 Å². The van der Waals surface area contributed by atoms with Crippen molar-refractivity contribution in [2.75, 3.05) is 26.7 Å². The summed E-state index contributed by atoms with van der Waals surface area (Å²) < 4.78 is 5.47. The Morgan fingerprint density at radius 2 is 2.28 bits per heavy atom. The molecule has 0 aliphatic carbocycles. The van der Waals surface area contributed by atoms with Crippen LogP contribution in [0.2, 0.25) is 0 Å². The zero-order chi connectivity index (χ0) is 13.1. The van der Waals surface area contributed by atoms with E-state index in [2.05, 4.69) is 4.90 Å². The molecule has 1 N–H and O–H groups in total. The maximum atomic E-state index is 11.3. The van der Waals surface area contributed by atoms with Crippen LogP contribution in [0.1, 0.15) is 18.4 Å². The van der Waals surface area contributed by atoms with E-state index in [1.54, 1.807) is 0 Å². The first-order chi connectivity index (χ1) is 8.61. The molecule has 0 aromatic heterocycles. The lowest BCUT2D eigenvalue weighted by atomic mass is 9.89. The molecule has 2 rings (SSSR count). The molecule has 0 saturated carbocycles. The van der Waals surface area contributed by atoms with Crippen molar-refractivity contribution in [1.82, 2.24) is 4.90 Å². The summed E-state index contributed by atoms with van der Waals surface area (Å²) in [6, 6.07) is 7.78. The maximum Gasteiger partial charge on any atom is 0.308 e. The third-order valence-corrected chi connectivity index (χ3v) is 3.42. The number of carbonyl (C=O) groups is 1. The van der Waals surface area contributed by atoms with Gasteiger partial charge in [0.05, 0.1) is 12.5 Å². The van der Waals surface area contributed by atoms with E-state index in [0.29, 0.717) is 13.2 Å². The highest BCUT2D eigenvalue weighted by Crippen LogP contribution is 2.33. The molecule has 0 amide bonds. The molecule has 0 unspecified atom stereocenters. The van der Waals surface area contributed by atoms with Gasteiger partial charge in [-0.2, -0.15) is 0 Å². The van der Waals surface area contributed by atoms with Gasteiger partial charge < -0.3 is 14.7 Å². The van der Waals surface area contributed by atoms with Crippen molar-refractivity contribution in [2.45, 2.75) is 12.8 Å². The first-order valence-electron chi connectivity index (χ1n) is 6.26. The molecule has 98 valence electrons. The van der Waals surface area contributed by atoms with Crippen LogP contribution in [0.3, 0.4) is 0 Å². The van der Waals surface area contributed by atoms with Gasteiger partial charge in [-0.05, 0) is 31.7 Å². The summed E-state index contributed by atoms with van der Waals surface area (Å²) in [7, 11) is 1.96. The lowest BCUT2D eigenvalue weighted by Gasteiger charge is -2.16. The van der Waals surface area contributed by atoms with E-state index >= 15 is 0 Å². The van der Waals surface area contributed by atoms with Crippen LogP contribution < -0.4 is 4.74 Å². The predicted molar refractivity (Wildman–Crippen MR) is 69.0 cm³/mol. The van der Waals surface area contributed by atoms with E-state index in [9.17, 15) is 9.90 Å². The summed E-state index contributed by atoms with van der Waals surface area (Å²) in [6.07, 6.45) is 0. The number of aliphatic carboxylic acids is 1. The zero-order valence-corrected chi connectivity index (χ0v) is 10.8. The molecule has 1 fully saturated rings. The van der Waals surface area contributed by atoms with Crippen LogP contribution in [0.15, 0.2) is 24.3 Å². The summed E-state index contributed by atoms with van der Waals surface area (Å²) in [4.78, 5) is 13.3. The Balaban J connectivity index is 2.24. The van der Waals surface area contributed by atoms with Crippen LogP contribution in [0, 0.1) is 5.92 Å². The third-order valence-electron chi connectivity index (χ3n) is 3.42. The number of hydrogen-bond acceptors (Lipinski definition) is 3. The summed E-state index contributed by atoms with van der Waals surface area (Å²) in [6.45, 7) is 3.96. The second-order valence-corrected chi connectivity index (χ2v) is 4.78. The molecule has 0 bridgehead atoms. The largest absolute Gasteiger partial charge is 0.494 e. The number of carboxylic acid groups (broad SMARTS) is 1. The molecule has 2 atom stereocenters. The fraction of sp³-hybridized carbons (Fsp3) is 0.500. The van der Waals surface area contributed by atoms with Gasteiger partial charge in [-0.3, -0.25) is 4.79 Å². The standard InChI is InChI=1S/C14H19NO3/c1-3-18-11-6-4-5-10(7-11)12-8-15(2)9-13(12)14(16)17/h4-7,12-13H,3,8-9H2,1-2H3,(H,16,17)/t12-,13-/m1/s1. The molecule has 0 radical (unpaired) electrons. The van der Waals surface area contributed by atoms with Crippen LogP contribution in [-0.4, -0.2) is 42.7 Å². The Bertz CT molecular complexity index is 433. The minimum absolute atomic E-state index is 0.0490. The van der Waals surface area contributed by atoms with Crippen molar-refractivity contribution < 1.29 is 14.6 Å². The number of rotatable bonds is 4. The molecule has 1 heterocycles. The molecule has 1 aromatic rings. The number of likely N-dealkylation sites (tertiary alicyclic amines) is 1. The van der Waals surface area contributed by atoms with E-state index in [0.717, 1.165) is 17.9 Å². The average molecular weight is 249 g/mol. The van der Waals surface area contributed by atoms with E-state index < -0.39 is 5.97 Å². The number of ether oxygens (including phenoxy) is 1. The molecule has 1 aliphatic rings. The van der Waals surface area contributed by atoms with Gasteiger partial charge in [0.2, 0.25) is 0 Å². The Hall–Kier alpha value is -1.55.